The van der Waals surface area contributed by atoms with Crippen LogP contribution < -0.4 is 0 Å². The third kappa shape index (κ3) is 11.0. The van der Waals surface area contributed by atoms with Crippen molar-refractivity contribution in [3.63, 3.8) is 0 Å². The lowest BCUT2D eigenvalue weighted by molar-refractivity contribution is -0.0432. The largest absolute Gasteiger partial charge is 0.394 e. The van der Waals surface area contributed by atoms with Crippen LogP contribution in [0.5, 0.6) is 0 Å². The Morgan fingerprint density at radius 3 is 2.12 bits per heavy atom. The summed E-state index contributed by atoms with van der Waals surface area (Å²) >= 11 is 11.1. The van der Waals surface area contributed by atoms with Crippen LogP contribution in [0.25, 0.3) is 0 Å². The molecule has 0 spiro atoms. The Kier molecular flexibility index (Phi) is 13.9. The van der Waals surface area contributed by atoms with E-state index in [0.717, 1.165) is 25.7 Å². The average molecular weight is 273 g/mol. The van der Waals surface area contributed by atoms with Crippen molar-refractivity contribution in [3.05, 3.63) is 0 Å². The first-order valence-corrected chi connectivity index (χ1v) is 6.84. The molecule has 0 rings (SSSR count). The fraction of sp³-hybridized carbons (Fsp3) is 1.00. The molecule has 98 valence electrons. The zero-order chi connectivity index (χ0) is 12.1. The number of hydrogen-bond acceptors (Lipinski definition) is 3. The molecule has 5 heteroatoms. The first-order valence-electron chi connectivity index (χ1n) is 5.77. The summed E-state index contributed by atoms with van der Waals surface area (Å²) in [6.07, 6.45) is 3.56. The maximum atomic E-state index is 9.03. The van der Waals surface area contributed by atoms with Gasteiger partial charge in [-0.05, 0) is 25.7 Å². The predicted molar refractivity (Wildman–Crippen MR) is 67.6 cm³/mol. The van der Waals surface area contributed by atoms with Gasteiger partial charge in [0, 0.05) is 25.0 Å². The Hall–Kier alpha value is 0.460. The average Bonchev–Trinajstić information content (AvgIpc) is 2.31. The monoisotopic (exact) mass is 272 g/mol. The van der Waals surface area contributed by atoms with Gasteiger partial charge in [-0.15, -0.1) is 23.2 Å². The molecule has 0 saturated carbocycles. The maximum Gasteiger partial charge on any atom is 0.104 e. The van der Waals surface area contributed by atoms with Gasteiger partial charge >= 0.3 is 0 Å². The van der Waals surface area contributed by atoms with Gasteiger partial charge in [0.1, 0.15) is 6.10 Å². The van der Waals surface area contributed by atoms with Crippen LogP contribution in [-0.2, 0) is 9.47 Å². The number of aliphatic hydroxyl groups excluding tert-OH is 1. The van der Waals surface area contributed by atoms with E-state index in [2.05, 4.69) is 0 Å². The molecule has 0 aromatic heterocycles. The molecule has 16 heavy (non-hydrogen) atoms. The van der Waals surface area contributed by atoms with E-state index in [0.29, 0.717) is 31.6 Å². The molecular formula is C11H22Cl2O3. The van der Waals surface area contributed by atoms with E-state index in [4.69, 9.17) is 37.8 Å². The fourth-order valence-electron chi connectivity index (χ4n) is 1.11. The van der Waals surface area contributed by atoms with Gasteiger partial charge in [0.25, 0.3) is 0 Å². The number of unbranched alkanes of at least 4 members (excludes halogenated alkanes) is 2. The maximum absolute atomic E-state index is 9.03. The molecule has 0 aromatic carbocycles. The van der Waals surface area contributed by atoms with Crippen molar-refractivity contribution in [1.29, 1.82) is 0 Å². The second-order valence-corrected chi connectivity index (χ2v) is 4.30. The summed E-state index contributed by atoms with van der Waals surface area (Å²) in [6.45, 7) is 1.74. The van der Waals surface area contributed by atoms with E-state index >= 15 is 0 Å². The zero-order valence-electron chi connectivity index (χ0n) is 9.67. The predicted octanol–water partition coefficient (Wildman–Crippen LogP) is 2.42. The SMILES string of the molecule is OCC(COCCCCCl)OCCCCCl. The summed E-state index contributed by atoms with van der Waals surface area (Å²) in [5.41, 5.74) is 0. The van der Waals surface area contributed by atoms with E-state index in [-0.39, 0.29) is 12.7 Å². The van der Waals surface area contributed by atoms with Gasteiger partial charge < -0.3 is 14.6 Å². The quantitative estimate of drug-likeness (QED) is 0.438. The van der Waals surface area contributed by atoms with E-state index in [1.165, 1.54) is 0 Å². The molecular weight excluding hydrogens is 251 g/mol. The minimum Gasteiger partial charge on any atom is -0.394 e. The first kappa shape index (κ1) is 16.5. The van der Waals surface area contributed by atoms with Gasteiger partial charge in [-0.3, -0.25) is 0 Å². The van der Waals surface area contributed by atoms with Crippen molar-refractivity contribution in [3.8, 4) is 0 Å². The molecule has 0 aromatic rings. The van der Waals surface area contributed by atoms with Gasteiger partial charge in [-0.1, -0.05) is 0 Å². The topological polar surface area (TPSA) is 38.7 Å². The summed E-state index contributed by atoms with van der Waals surface area (Å²) in [5.74, 6) is 1.32. The van der Waals surface area contributed by atoms with E-state index in [1.807, 2.05) is 0 Å². The zero-order valence-corrected chi connectivity index (χ0v) is 11.2. The molecule has 0 aliphatic heterocycles. The molecule has 0 aliphatic rings. The molecule has 0 heterocycles. The van der Waals surface area contributed by atoms with E-state index < -0.39 is 0 Å². The Morgan fingerprint density at radius 2 is 1.56 bits per heavy atom. The van der Waals surface area contributed by atoms with Crippen molar-refractivity contribution in [2.75, 3.05) is 38.2 Å². The van der Waals surface area contributed by atoms with Crippen molar-refractivity contribution >= 4 is 23.2 Å². The smallest absolute Gasteiger partial charge is 0.104 e. The first-order chi connectivity index (χ1) is 7.85. The Bertz CT molecular complexity index is 136. The molecule has 3 nitrogen and oxygen atoms in total. The van der Waals surface area contributed by atoms with Crippen LogP contribution in [0, 0.1) is 0 Å². The Morgan fingerprint density at radius 1 is 0.938 bits per heavy atom. The minimum absolute atomic E-state index is 0.00359. The highest BCUT2D eigenvalue weighted by Gasteiger charge is 2.07. The summed E-state index contributed by atoms with van der Waals surface area (Å²) in [6, 6.07) is 0. The molecule has 1 N–H and O–H groups in total. The number of rotatable bonds is 12. The summed E-state index contributed by atoms with van der Waals surface area (Å²) < 4.78 is 10.8. The van der Waals surface area contributed by atoms with Gasteiger partial charge in [0.15, 0.2) is 0 Å². The summed E-state index contributed by atoms with van der Waals surface area (Å²) in [7, 11) is 0. The van der Waals surface area contributed by atoms with Crippen LogP contribution in [0.15, 0.2) is 0 Å². The minimum atomic E-state index is -0.216. The number of aliphatic hydroxyl groups is 1. The van der Waals surface area contributed by atoms with Gasteiger partial charge in [0.05, 0.1) is 13.2 Å². The standard InChI is InChI=1S/C11H22Cl2O3/c12-5-1-3-7-15-10-11(9-14)16-8-4-2-6-13/h11,14H,1-10H2. The second-order valence-electron chi connectivity index (χ2n) is 3.54. The van der Waals surface area contributed by atoms with E-state index in [1.54, 1.807) is 0 Å². The van der Waals surface area contributed by atoms with Crippen LogP contribution in [0.3, 0.4) is 0 Å². The van der Waals surface area contributed by atoms with Crippen LogP contribution in [0.1, 0.15) is 25.7 Å². The molecule has 0 fully saturated rings. The summed E-state index contributed by atoms with van der Waals surface area (Å²) in [4.78, 5) is 0. The van der Waals surface area contributed by atoms with E-state index in [9.17, 15) is 0 Å². The van der Waals surface area contributed by atoms with Crippen LogP contribution in [0.4, 0.5) is 0 Å². The third-order valence-electron chi connectivity index (χ3n) is 2.06. The van der Waals surface area contributed by atoms with Crippen LogP contribution in [0.2, 0.25) is 0 Å². The molecule has 0 radical (unpaired) electrons. The molecule has 0 saturated heterocycles. The van der Waals surface area contributed by atoms with Crippen LogP contribution >= 0.6 is 23.2 Å². The third-order valence-corrected chi connectivity index (χ3v) is 2.60. The molecule has 0 aliphatic carbocycles. The number of alkyl halides is 2. The lowest BCUT2D eigenvalue weighted by atomic mass is 10.3. The lowest BCUT2D eigenvalue weighted by Crippen LogP contribution is -2.24. The Labute approximate surface area is 108 Å². The highest BCUT2D eigenvalue weighted by atomic mass is 35.5. The molecule has 1 unspecified atom stereocenters. The van der Waals surface area contributed by atoms with Crippen molar-refractivity contribution in [2.24, 2.45) is 0 Å². The summed E-state index contributed by atoms with van der Waals surface area (Å²) in [5, 5.41) is 9.03. The molecule has 0 bridgehead atoms. The lowest BCUT2D eigenvalue weighted by Gasteiger charge is -2.15. The fourth-order valence-corrected chi connectivity index (χ4v) is 1.49. The van der Waals surface area contributed by atoms with Crippen molar-refractivity contribution in [2.45, 2.75) is 31.8 Å². The second kappa shape index (κ2) is 13.5. The highest BCUT2D eigenvalue weighted by Crippen LogP contribution is 1.99. The Balaban J connectivity index is 3.29. The normalized spacial score (nSPS) is 12.9. The highest BCUT2D eigenvalue weighted by molar-refractivity contribution is 6.18. The van der Waals surface area contributed by atoms with Gasteiger partial charge in [0.2, 0.25) is 0 Å². The van der Waals surface area contributed by atoms with Gasteiger partial charge in [-0.25, -0.2) is 0 Å². The van der Waals surface area contributed by atoms with Crippen molar-refractivity contribution in [1.82, 2.24) is 0 Å². The van der Waals surface area contributed by atoms with Gasteiger partial charge in [-0.2, -0.15) is 0 Å². The number of hydrogen-bond donors (Lipinski definition) is 1. The number of halogens is 2. The molecule has 1 atom stereocenters. The van der Waals surface area contributed by atoms with Crippen molar-refractivity contribution < 1.29 is 14.6 Å². The van der Waals surface area contributed by atoms with Crippen LogP contribution in [-0.4, -0.2) is 49.4 Å². The number of ether oxygens (including phenoxy) is 2. The molecule has 0 amide bonds.